The fourth-order valence-corrected chi connectivity index (χ4v) is 1.64. The molecule has 0 fully saturated rings. The van der Waals surface area contributed by atoms with E-state index >= 15 is 0 Å². The highest BCUT2D eigenvalue weighted by Crippen LogP contribution is 2.23. The van der Waals surface area contributed by atoms with Gasteiger partial charge in [0.1, 0.15) is 11.3 Å². The van der Waals surface area contributed by atoms with E-state index in [0.29, 0.717) is 10.8 Å². The van der Waals surface area contributed by atoms with E-state index in [1.807, 2.05) is 0 Å². The zero-order valence-electron chi connectivity index (χ0n) is 8.07. The molecule has 0 spiro atoms. The number of oxazole rings is 1. The molecule has 2 aromatic rings. The van der Waals surface area contributed by atoms with E-state index in [9.17, 15) is 0 Å². The highest BCUT2D eigenvalue weighted by Gasteiger charge is 2.04. The fraction of sp³-hybridized carbons (Fsp3) is 0. The Balaban J connectivity index is 2.14. The Morgan fingerprint density at radius 1 is 1.44 bits per heavy atom. The number of amidine groups is 1. The van der Waals surface area contributed by atoms with Gasteiger partial charge >= 0.3 is 0 Å². The molecule has 7 heteroatoms. The van der Waals surface area contributed by atoms with Crippen molar-refractivity contribution in [3.05, 3.63) is 36.4 Å². The predicted molar refractivity (Wildman–Crippen MR) is 57.4 cm³/mol. The minimum atomic E-state index is 0.0279. The summed E-state index contributed by atoms with van der Waals surface area (Å²) in [5.74, 6) is 0.0279. The van der Waals surface area contributed by atoms with Crippen LogP contribution in [0.1, 0.15) is 5.56 Å². The lowest BCUT2D eigenvalue weighted by Gasteiger charge is -1.99. The second-order valence-corrected chi connectivity index (χ2v) is 3.74. The molecule has 0 aliphatic rings. The van der Waals surface area contributed by atoms with Gasteiger partial charge in [-0.05, 0) is 23.9 Å². The zero-order chi connectivity index (χ0) is 11.4. The van der Waals surface area contributed by atoms with Crippen molar-refractivity contribution in [1.82, 2.24) is 9.97 Å². The first-order valence-corrected chi connectivity index (χ1v) is 5.12. The minimum absolute atomic E-state index is 0.0279. The molecule has 2 heterocycles. The first kappa shape index (κ1) is 10.5. The molecule has 0 aromatic carbocycles. The molecule has 0 saturated carbocycles. The van der Waals surface area contributed by atoms with Gasteiger partial charge in [0.2, 0.25) is 0 Å². The Labute approximate surface area is 95.2 Å². The van der Waals surface area contributed by atoms with E-state index in [2.05, 4.69) is 15.1 Å². The van der Waals surface area contributed by atoms with Crippen LogP contribution in [0.2, 0.25) is 0 Å². The van der Waals surface area contributed by atoms with E-state index in [1.54, 1.807) is 18.3 Å². The normalized spacial score (nSPS) is 11.6. The average Bonchev–Trinajstić information content (AvgIpc) is 2.82. The molecule has 0 aliphatic heterocycles. The number of nitrogens with two attached hydrogens (primary N) is 1. The lowest BCUT2D eigenvalue weighted by molar-refractivity contribution is 0.318. The monoisotopic (exact) mass is 236 g/mol. The average molecular weight is 236 g/mol. The van der Waals surface area contributed by atoms with E-state index < -0.39 is 0 Å². The summed E-state index contributed by atoms with van der Waals surface area (Å²) in [6.07, 6.45) is 4.57. The van der Waals surface area contributed by atoms with Gasteiger partial charge in [0.05, 0.1) is 6.20 Å². The van der Waals surface area contributed by atoms with Gasteiger partial charge in [-0.1, -0.05) is 5.16 Å². The van der Waals surface area contributed by atoms with Crippen molar-refractivity contribution in [3.63, 3.8) is 0 Å². The summed E-state index contributed by atoms with van der Waals surface area (Å²) in [5.41, 5.74) is 5.96. The molecule has 2 rings (SSSR count). The maximum atomic E-state index is 8.47. The molecule has 0 unspecified atom stereocenters. The molecule has 0 radical (unpaired) electrons. The standard InChI is InChI=1S/C9H8N4O2S/c10-8(13-14)6-1-2-7(12-5-6)16-9-11-3-4-15-9/h1-5,14H,(H2,10,13). The molecule has 82 valence electrons. The van der Waals surface area contributed by atoms with Crippen LogP contribution in [0, 0.1) is 0 Å². The SMILES string of the molecule is N/C(=N/O)c1ccc(Sc2ncco2)nc1. The largest absolute Gasteiger partial charge is 0.440 e. The van der Waals surface area contributed by atoms with Crippen LogP contribution in [0.3, 0.4) is 0 Å². The van der Waals surface area contributed by atoms with Gasteiger partial charge in [0.25, 0.3) is 5.22 Å². The molecule has 0 bridgehead atoms. The van der Waals surface area contributed by atoms with Crippen molar-refractivity contribution >= 4 is 17.6 Å². The number of rotatable bonds is 3. The summed E-state index contributed by atoms with van der Waals surface area (Å²) in [4.78, 5) is 8.07. The van der Waals surface area contributed by atoms with Gasteiger partial charge in [-0.25, -0.2) is 9.97 Å². The Morgan fingerprint density at radius 2 is 2.31 bits per heavy atom. The Morgan fingerprint density at radius 3 is 2.88 bits per heavy atom. The Bertz CT molecular complexity index is 481. The first-order valence-electron chi connectivity index (χ1n) is 4.31. The highest BCUT2D eigenvalue weighted by atomic mass is 32.2. The molecule has 0 amide bonds. The maximum Gasteiger partial charge on any atom is 0.261 e. The van der Waals surface area contributed by atoms with Crippen LogP contribution in [0.15, 0.2) is 50.6 Å². The Hall–Kier alpha value is -2.02. The van der Waals surface area contributed by atoms with Crippen LogP contribution >= 0.6 is 11.8 Å². The lowest BCUT2D eigenvalue weighted by Crippen LogP contribution is -2.13. The third kappa shape index (κ3) is 2.31. The van der Waals surface area contributed by atoms with Crippen molar-refractivity contribution in [2.75, 3.05) is 0 Å². The number of pyridine rings is 1. The third-order valence-electron chi connectivity index (χ3n) is 1.74. The summed E-state index contributed by atoms with van der Waals surface area (Å²) < 4.78 is 5.06. The van der Waals surface area contributed by atoms with Gasteiger partial charge < -0.3 is 15.4 Å². The summed E-state index contributed by atoms with van der Waals surface area (Å²) in [6.45, 7) is 0. The quantitative estimate of drug-likeness (QED) is 0.361. The highest BCUT2D eigenvalue weighted by molar-refractivity contribution is 7.99. The van der Waals surface area contributed by atoms with Crippen molar-refractivity contribution in [2.24, 2.45) is 10.9 Å². The van der Waals surface area contributed by atoms with Crippen LogP contribution in [0.5, 0.6) is 0 Å². The van der Waals surface area contributed by atoms with Crippen molar-refractivity contribution in [2.45, 2.75) is 10.2 Å². The van der Waals surface area contributed by atoms with Gasteiger partial charge in [0, 0.05) is 11.8 Å². The molecule has 16 heavy (non-hydrogen) atoms. The number of hydrogen-bond acceptors (Lipinski definition) is 6. The van der Waals surface area contributed by atoms with Crippen LogP contribution in [0.25, 0.3) is 0 Å². The number of hydrogen-bond donors (Lipinski definition) is 2. The van der Waals surface area contributed by atoms with E-state index in [4.69, 9.17) is 15.4 Å². The van der Waals surface area contributed by atoms with Gasteiger partial charge in [-0.2, -0.15) is 0 Å². The van der Waals surface area contributed by atoms with Crippen LogP contribution in [0.4, 0.5) is 0 Å². The zero-order valence-corrected chi connectivity index (χ0v) is 8.89. The molecule has 0 aliphatic carbocycles. The summed E-state index contributed by atoms with van der Waals surface area (Å²) in [6, 6.07) is 3.44. The molecule has 3 N–H and O–H groups in total. The Kier molecular flexibility index (Phi) is 3.06. The number of oxime groups is 1. The first-order chi connectivity index (χ1) is 7.79. The molecule has 6 nitrogen and oxygen atoms in total. The molecule has 0 atom stereocenters. The maximum absolute atomic E-state index is 8.47. The smallest absolute Gasteiger partial charge is 0.261 e. The fourth-order valence-electron chi connectivity index (χ4n) is 1.00. The lowest BCUT2D eigenvalue weighted by atomic mass is 10.3. The van der Waals surface area contributed by atoms with Gasteiger partial charge in [0.15, 0.2) is 5.84 Å². The van der Waals surface area contributed by atoms with Crippen molar-refractivity contribution in [1.29, 1.82) is 0 Å². The number of aromatic nitrogens is 2. The molecular formula is C9H8N4O2S. The molecular weight excluding hydrogens is 228 g/mol. The van der Waals surface area contributed by atoms with Crippen molar-refractivity contribution < 1.29 is 9.62 Å². The van der Waals surface area contributed by atoms with Crippen LogP contribution in [-0.2, 0) is 0 Å². The van der Waals surface area contributed by atoms with Gasteiger partial charge in [-0.3, -0.25) is 0 Å². The van der Waals surface area contributed by atoms with E-state index in [0.717, 1.165) is 5.03 Å². The molecule has 2 aromatic heterocycles. The minimum Gasteiger partial charge on any atom is -0.440 e. The number of nitrogens with zero attached hydrogens (tertiary/aromatic N) is 3. The predicted octanol–water partition coefficient (Wildman–Crippen LogP) is 1.32. The summed E-state index contributed by atoms with van der Waals surface area (Å²) in [5, 5.41) is 12.6. The summed E-state index contributed by atoms with van der Waals surface area (Å²) >= 11 is 1.29. The second-order valence-electron chi connectivity index (χ2n) is 2.77. The van der Waals surface area contributed by atoms with Crippen LogP contribution < -0.4 is 5.73 Å². The van der Waals surface area contributed by atoms with E-state index in [-0.39, 0.29) is 5.84 Å². The third-order valence-corrected chi connectivity index (χ3v) is 2.57. The van der Waals surface area contributed by atoms with Crippen LogP contribution in [-0.4, -0.2) is 21.0 Å². The summed E-state index contributed by atoms with van der Waals surface area (Å²) in [7, 11) is 0. The van der Waals surface area contributed by atoms with Gasteiger partial charge in [-0.15, -0.1) is 0 Å². The van der Waals surface area contributed by atoms with Crippen molar-refractivity contribution in [3.8, 4) is 0 Å². The molecule has 0 saturated heterocycles. The topological polar surface area (TPSA) is 97.5 Å². The van der Waals surface area contributed by atoms with E-state index in [1.165, 1.54) is 24.2 Å². The second kappa shape index (κ2) is 4.67.